The number of amides is 1. The highest BCUT2D eigenvalue weighted by Gasteiger charge is 2.24. The third-order valence-corrected chi connectivity index (χ3v) is 9.27. The van der Waals surface area contributed by atoms with Crippen LogP contribution in [0.1, 0.15) is 53.0 Å². The number of aliphatic hydroxyl groups is 1. The summed E-state index contributed by atoms with van der Waals surface area (Å²) in [6.45, 7) is 7.43. The summed E-state index contributed by atoms with van der Waals surface area (Å²) in [5.41, 5.74) is 7.18. The molecule has 4 rings (SSSR count). The number of carbonyl (C=O) groups is 1. The standard InChI is InChI=1S/C25H29N3O3S2/c1-15-8-9-17(12-16(15)2)20-11-10-18(19-6-5-7-21(19)20)13-23(29)28-33(26,31)24-27-14-22(32-24)25(3,4)30/h8-12,14,30H,5-7,13H2,1-4H3,(H2,26,28,29,31). The van der Waals surface area contributed by atoms with Gasteiger partial charge in [0.2, 0.25) is 4.34 Å². The predicted molar refractivity (Wildman–Crippen MR) is 132 cm³/mol. The van der Waals surface area contributed by atoms with E-state index in [1.54, 1.807) is 13.8 Å². The van der Waals surface area contributed by atoms with Gasteiger partial charge in [0.05, 0.1) is 16.9 Å². The second-order valence-electron chi connectivity index (χ2n) is 9.16. The van der Waals surface area contributed by atoms with Crippen LogP contribution in [0.25, 0.3) is 11.1 Å². The minimum atomic E-state index is -3.47. The van der Waals surface area contributed by atoms with Crippen LogP contribution in [0.4, 0.5) is 0 Å². The van der Waals surface area contributed by atoms with Gasteiger partial charge in [-0.15, -0.1) is 15.7 Å². The third-order valence-electron chi connectivity index (χ3n) is 6.12. The Morgan fingerprint density at radius 2 is 1.91 bits per heavy atom. The van der Waals surface area contributed by atoms with Crippen LogP contribution in [-0.2, 0) is 39.6 Å². The fraction of sp³-hybridized carbons (Fsp3) is 0.360. The zero-order valence-corrected chi connectivity index (χ0v) is 21.0. The number of rotatable bonds is 5. The summed E-state index contributed by atoms with van der Waals surface area (Å²) in [5.74, 6) is -0.532. The number of fused-ring (bicyclic) bond motifs is 1. The normalized spacial score (nSPS) is 15.2. The number of aromatic nitrogens is 1. The molecule has 1 heterocycles. The summed E-state index contributed by atoms with van der Waals surface area (Å²) in [7, 11) is -3.47. The van der Waals surface area contributed by atoms with Gasteiger partial charge in [0, 0.05) is 6.20 Å². The number of carbonyl (C=O) groups excluding carboxylic acids is 1. The molecule has 0 saturated carbocycles. The Balaban J connectivity index is 1.62. The van der Waals surface area contributed by atoms with Gasteiger partial charge in [0.25, 0.3) is 5.91 Å². The van der Waals surface area contributed by atoms with Gasteiger partial charge in [-0.05, 0) is 85.9 Å². The quantitative estimate of drug-likeness (QED) is 0.553. The minimum absolute atomic E-state index is 0.0447. The number of hydrogen-bond acceptors (Lipinski definition) is 5. The van der Waals surface area contributed by atoms with E-state index in [4.69, 9.17) is 5.14 Å². The van der Waals surface area contributed by atoms with Crippen molar-refractivity contribution in [2.24, 2.45) is 9.50 Å². The average Bonchev–Trinajstić information content (AvgIpc) is 3.40. The lowest BCUT2D eigenvalue weighted by Crippen LogP contribution is -2.16. The number of nitrogens with two attached hydrogens (primary N) is 1. The molecule has 0 radical (unpaired) electrons. The maximum atomic E-state index is 12.9. The van der Waals surface area contributed by atoms with Crippen molar-refractivity contribution >= 4 is 27.2 Å². The summed E-state index contributed by atoms with van der Waals surface area (Å²) in [4.78, 5) is 17.3. The van der Waals surface area contributed by atoms with Crippen molar-refractivity contribution in [1.82, 2.24) is 4.98 Å². The molecule has 174 valence electrons. The van der Waals surface area contributed by atoms with E-state index < -0.39 is 21.4 Å². The maximum Gasteiger partial charge on any atom is 0.259 e. The average molecular weight is 484 g/mol. The van der Waals surface area contributed by atoms with Crippen molar-refractivity contribution in [2.75, 3.05) is 0 Å². The molecule has 6 nitrogen and oxygen atoms in total. The number of benzene rings is 2. The van der Waals surface area contributed by atoms with Crippen LogP contribution in [0.3, 0.4) is 0 Å². The van der Waals surface area contributed by atoms with Gasteiger partial charge in [-0.1, -0.05) is 30.3 Å². The second kappa shape index (κ2) is 8.76. The summed E-state index contributed by atoms with van der Waals surface area (Å²) in [6, 6.07) is 10.6. The van der Waals surface area contributed by atoms with Crippen LogP contribution in [0, 0.1) is 13.8 Å². The van der Waals surface area contributed by atoms with E-state index in [0.717, 1.165) is 36.2 Å². The Bertz CT molecular complexity index is 1360. The molecule has 0 saturated heterocycles. The first-order valence-corrected chi connectivity index (χ1v) is 13.3. The van der Waals surface area contributed by atoms with Gasteiger partial charge < -0.3 is 5.11 Å². The van der Waals surface area contributed by atoms with Crippen molar-refractivity contribution in [2.45, 2.75) is 63.3 Å². The molecule has 8 heteroatoms. The zero-order chi connectivity index (χ0) is 24.0. The van der Waals surface area contributed by atoms with E-state index >= 15 is 0 Å². The molecule has 0 fully saturated rings. The summed E-state index contributed by atoms with van der Waals surface area (Å²) >= 11 is 1.01. The summed E-state index contributed by atoms with van der Waals surface area (Å²) in [5, 5.41) is 16.0. The molecule has 3 aromatic rings. The van der Waals surface area contributed by atoms with Crippen LogP contribution in [0.2, 0.25) is 0 Å². The molecule has 0 aliphatic heterocycles. The van der Waals surface area contributed by atoms with Gasteiger partial charge in [-0.25, -0.2) is 14.3 Å². The molecule has 0 bridgehead atoms. The highest BCUT2D eigenvalue weighted by molar-refractivity contribution is 7.93. The molecule has 3 N–H and O–H groups in total. The molecule has 2 aromatic carbocycles. The van der Waals surface area contributed by atoms with Crippen LogP contribution in [0.15, 0.2) is 45.2 Å². The SMILES string of the molecule is Cc1ccc(-c2ccc(CC(=O)N=S(N)(=O)c3ncc(C(C)(C)O)s3)c3c2CCC3)cc1C. The van der Waals surface area contributed by atoms with Gasteiger partial charge >= 0.3 is 0 Å². The Labute approximate surface area is 199 Å². The van der Waals surface area contributed by atoms with E-state index in [0.29, 0.717) is 4.88 Å². The minimum Gasteiger partial charge on any atom is -0.385 e. The molecule has 1 aliphatic carbocycles. The van der Waals surface area contributed by atoms with Gasteiger partial charge in [0.1, 0.15) is 0 Å². The number of hydrogen-bond donors (Lipinski definition) is 2. The van der Waals surface area contributed by atoms with Gasteiger partial charge in [-0.3, -0.25) is 4.79 Å². The molecule has 33 heavy (non-hydrogen) atoms. The van der Waals surface area contributed by atoms with E-state index in [9.17, 15) is 14.1 Å². The highest BCUT2D eigenvalue weighted by atomic mass is 32.2. The molecule has 1 atom stereocenters. The van der Waals surface area contributed by atoms with Gasteiger partial charge in [-0.2, -0.15) is 0 Å². The Morgan fingerprint density at radius 3 is 2.58 bits per heavy atom. The highest BCUT2D eigenvalue weighted by Crippen LogP contribution is 2.36. The van der Waals surface area contributed by atoms with Crippen LogP contribution >= 0.6 is 11.3 Å². The number of aryl methyl sites for hydroxylation is 2. The first-order chi connectivity index (χ1) is 15.5. The fourth-order valence-corrected chi connectivity index (χ4v) is 6.34. The number of nitrogens with zero attached hydrogens (tertiary/aromatic N) is 2. The van der Waals surface area contributed by atoms with Crippen molar-refractivity contribution in [3.63, 3.8) is 0 Å². The maximum absolute atomic E-state index is 12.9. The molecule has 0 spiro atoms. The molecule has 1 aliphatic rings. The smallest absolute Gasteiger partial charge is 0.259 e. The number of thiazole rings is 1. The molecular formula is C25H29N3O3S2. The van der Waals surface area contributed by atoms with Crippen molar-refractivity contribution in [1.29, 1.82) is 0 Å². The monoisotopic (exact) mass is 483 g/mol. The van der Waals surface area contributed by atoms with Crippen LogP contribution < -0.4 is 5.14 Å². The molecule has 1 unspecified atom stereocenters. The van der Waals surface area contributed by atoms with Crippen molar-refractivity contribution in [3.8, 4) is 11.1 Å². The third kappa shape index (κ3) is 4.94. The fourth-order valence-electron chi connectivity index (χ4n) is 4.19. The lowest BCUT2D eigenvalue weighted by Gasteiger charge is -2.14. The molecule has 1 aromatic heterocycles. The second-order valence-corrected chi connectivity index (χ2v) is 12.2. The first kappa shape index (κ1) is 23.8. The summed E-state index contributed by atoms with van der Waals surface area (Å²) in [6.07, 6.45) is 4.40. The predicted octanol–water partition coefficient (Wildman–Crippen LogP) is 4.61. The van der Waals surface area contributed by atoms with Crippen molar-refractivity contribution < 1.29 is 14.1 Å². The van der Waals surface area contributed by atoms with E-state index in [1.165, 1.54) is 39.6 Å². The van der Waals surface area contributed by atoms with Crippen LogP contribution in [-0.4, -0.2) is 20.2 Å². The largest absolute Gasteiger partial charge is 0.385 e. The van der Waals surface area contributed by atoms with E-state index in [-0.39, 0.29) is 10.8 Å². The lowest BCUT2D eigenvalue weighted by atomic mass is 9.91. The topological polar surface area (TPSA) is 106 Å². The zero-order valence-electron chi connectivity index (χ0n) is 19.3. The lowest BCUT2D eigenvalue weighted by molar-refractivity contribution is -0.117. The van der Waals surface area contributed by atoms with Crippen molar-refractivity contribution in [3.05, 3.63) is 69.2 Å². The van der Waals surface area contributed by atoms with Crippen LogP contribution in [0.5, 0.6) is 0 Å². The van der Waals surface area contributed by atoms with E-state index in [2.05, 4.69) is 47.5 Å². The van der Waals surface area contributed by atoms with Gasteiger partial charge in [0.15, 0.2) is 9.92 Å². The Hall–Kier alpha value is -2.39. The first-order valence-electron chi connectivity index (χ1n) is 10.9. The molecular weight excluding hydrogens is 454 g/mol. The Morgan fingerprint density at radius 1 is 1.18 bits per heavy atom. The molecule has 1 amide bonds. The Kier molecular flexibility index (Phi) is 6.30. The van der Waals surface area contributed by atoms with E-state index in [1.807, 2.05) is 6.07 Å². The summed E-state index contributed by atoms with van der Waals surface area (Å²) < 4.78 is 16.8.